The van der Waals surface area contributed by atoms with E-state index in [1.54, 1.807) is 4.52 Å². The Bertz CT molecular complexity index is 1040. The summed E-state index contributed by atoms with van der Waals surface area (Å²) in [5, 5.41) is 23.6. The van der Waals surface area contributed by atoms with Crippen LogP contribution in [-0.4, -0.2) is 49.9 Å². The molecule has 1 aliphatic rings. The summed E-state index contributed by atoms with van der Waals surface area (Å²) < 4.78 is 15.6. The number of carbonyl (C=O) groups excluding carboxylic acids is 1. The molecule has 3 heterocycles. The number of carboxylic acids is 1. The molecule has 28 heavy (non-hydrogen) atoms. The van der Waals surface area contributed by atoms with Gasteiger partial charge in [0, 0.05) is 19.0 Å². The first kappa shape index (κ1) is 17.8. The fraction of sp³-hybridized carbons (Fsp3) is 0.278. The van der Waals surface area contributed by atoms with Crippen LogP contribution in [0.5, 0.6) is 0 Å². The summed E-state index contributed by atoms with van der Waals surface area (Å²) in [6, 6.07) is 7.12. The van der Waals surface area contributed by atoms with Gasteiger partial charge in [-0.3, -0.25) is 4.79 Å². The first-order valence-corrected chi connectivity index (χ1v) is 8.77. The highest BCUT2D eigenvalue weighted by molar-refractivity contribution is 5.94. The van der Waals surface area contributed by atoms with Gasteiger partial charge >= 0.3 is 5.97 Å². The van der Waals surface area contributed by atoms with E-state index in [0.717, 1.165) is 11.9 Å². The maximum atomic E-state index is 14.0. The van der Waals surface area contributed by atoms with Crippen molar-refractivity contribution in [1.29, 1.82) is 0 Å². The minimum atomic E-state index is -1.22. The van der Waals surface area contributed by atoms with Gasteiger partial charge in [0.1, 0.15) is 18.0 Å². The van der Waals surface area contributed by atoms with Crippen LogP contribution >= 0.6 is 0 Å². The number of carbonyl (C=O) groups is 2. The van der Waals surface area contributed by atoms with Crippen molar-refractivity contribution in [2.24, 2.45) is 5.92 Å². The summed E-state index contributed by atoms with van der Waals surface area (Å²) >= 11 is 0. The molecule has 1 aromatic carbocycles. The fourth-order valence-electron chi connectivity index (χ4n) is 3.24. The smallest absolute Gasteiger partial charge is 0.335 e. The highest BCUT2D eigenvalue weighted by Gasteiger charge is 2.26. The predicted octanol–water partition coefficient (Wildman–Crippen LogP) is 1.82. The van der Waals surface area contributed by atoms with Crippen LogP contribution in [0.25, 0.3) is 5.65 Å². The van der Waals surface area contributed by atoms with Gasteiger partial charge in [0.05, 0.1) is 11.3 Å². The lowest BCUT2D eigenvalue weighted by Gasteiger charge is -2.32. The van der Waals surface area contributed by atoms with Crippen LogP contribution in [0.4, 0.5) is 15.9 Å². The third-order valence-corrected chi connectivity index (χ3v) is 4.81. The monoisotopic (exact) mass is 384 g/mol. The number of nitrogens with zero attached hydrogens (tertiary/aromatic N) is 5. The number of aromatic carboxylic acids is 1. The predicted molar refractivity (Wildman–Crippen MR) is 97.7 cm³/mol. The summed E-state index contributed by atoms with van der Waals surface area (Å²) in [6.45, 7) is 1.28. The van der Waals surface area contributed by atoms with E-state index in [4.69, 9.17) is 5.11 Å². The highest BCUT2D eigenvalue weighted by Crippen LogP contribution is 2.24. The first-order valence-electron chi connectivity index (χ1n) is 8.77. The SMILES string of the molecule is O=C(O)c1ccc(NC(=O)C2CCN(c3ccc4nncn4n3)CC2)c(F)c1. The van der Waals surface area contributed by atoms with Crippen molar-refractivity contribution >= 4 is 29.0 Å². The molecule has 0 unspecified atom stereocenters. The maximum Gasteiger partial charge on any atom is 0.335 e. The molecule has 0 atom stereocenters. The first-order chi connectivity index (χ1) is 13.5. The van der Waals surface area contributed by atoms with Crippen LogP contribution < -0.4 is 10.2 Å². The third-order valence-electron chi connectivity index (χ3n) is 4.81. The molecule has 9 nitrogen and oxygen atoms in total. The number of carboxylic acid groups (broad SMARTS) is 1. The number of hydrogen-bond donors (Lipinski definition) is 2. The van der Waals surface area contributed by atoms with E-state index in [1.165, 1.54) is 18.5 Å². The zero-order valence-corrected chi connectivity index (χ0v) is 14.7. The molecule has 0 aliphatic carbocycles. The van der Waals surface area contributed by atoms with E-state index < -0.39 is 11.8 Å². The molecule has 1 aliphatic heterocycles. The zero-order valence-electron chi connectivity index (χ0n) is 14.7. The van der Waals surface area contributed by atoms with Crippen molar-refractivity contribution in [2.45, 2.75) is 12.8 Å². The number of anilines is 2. The number of rotatable bonds is 4. The number of nitrogens with one attached hydrogen (secondary N) is 1. The fourth-order valence-corrected chi connectivity index (χ4v) is 3.24. The largest absolute Gasteiger partial charge is 0.478 e. The number of halogens is 1. The average Bonchev–Trinajstić information content (AvgIpc) is 3.17. The Hall–Kier alpha value is -3.56. The molecule has 1 saturated heterocycles. The van der Waals surface area contributed by atoms with Crippen LogP contribution in [0.1, 0.15) is 23.2 Å². The van der Waals surface area contributed by atoms with Crippen molar-refractivity contribution in [2.75, 3.05) is 23.3 Å². The van der Waals surface area contributed by atoms with Gasteiger partial charge < -0.3 is 15.3 Å². The Morgan fingerprint density at radius 3 is 2.68 bits per heavy atom. The van der Waals surface area contributed by atoms with E-state index >= 15 is 0 Å². The normalized spacial score (nSPS) is 15.0. The van der Waals surface area contributed by atoms with Crippen LogP contribution in [0.2, 0.25) is 0 Å². The highest BCUT2D eigenvalue weighted by atomic mass is 19.1. The van der Waals surface area contributed by atoms with Gasteiger partial charge in [0.15, 0.2) is 5.65 Å². The van der Waals surface area contributed by atoms with E-state index in [1.807, 2.05) is 12.1 Å². The van der Waals surface area contributed by atoms with Crippen molar-refractivity contribution in [3.8, 4) is 0 Å². The Balaban J connectivity index is 1.38. The van der Waals surface area contributed by atoms with Crippen molar-refractivity contribution in [3.63, 3.8) is 0 Å². The van der Waals surface area contributed by atoms with Gasteiger partial charge in [0.2, 0.25) is 5.91 Å². The van der Waals surface area contributed by atoms with E-state index in [2.05, 4.69) is 25.5 Å². The molecule has 0 radical (unpaired) electrons. The molecular weight excluding hydrogens is 367 g/mol. The summed E-state index contributed by atoms with van der Waals surface area (Å²) in [7, 11) is 0. The molecule has 2 N–H and O–H groups in total. The van der Waals surface area contributed by atoms with Crippen molar-refractivity contribution in [1.82, 2.24) is 19.8 Å². The lowest BCUT2D eigenvalue weighted by atomic mass is 9.95. The number of fused-ring (bicyclic) bond motifs is 1. The van der Waals surface area contributed by atoms with Gasteiger partial charge in [-0.05, 0) is 43.2 Å². The molecule has 0 saturated carbocycles. The second kappa shape index (κ2) is 7.22. The van der Waals surface area contributed by atoms with Crippen molar-refractivity contribution in [3.05, 3.63) is 48.0 Å². The van der Waals surface area contributed by atoms with Crippen LogP contribution in [0.15, 0.2) is 36.7 Å². The second-order valence-electron chi connectivity index (χ2n) is 6.58. The van der Waals surface area contributed by atoms with E-state index in [0.29, 0.717) is 31.6 Å². The zero-order chi connectivity index (χ0) is 19.7. The summed E-state index contributed by atoms with van der Waals surface area (Å²) in [4.78, 5) is 25.4. The minimum absolute atomic E-state index is 0.0165. The number of piperidine rings is 1. The molecule has 1 amide bonds. The van der Waals surface area contributed by atoms with E-state index in [-0.39, 0.29) is 23.1 Å². The summed E-state index contributed by atoms with van der Waals surface area (Å²) in [5.74, 6) is -1.74. The Morgan fingerprint density at radius 2 is 1.96 bits per heavy atom. The molecule has 4 rings (SSSR count). The number of benzene rings is 1. The standard InChI is InChI=1S/C18H17FN6O3/c19-13-9-12(18(27)28)1-2-14(13)21-17(26)11-5-7-24(8-6-11)16-4-3-15-22-20-10-25(15)23-16/h1-4,9-11H,5-8H2,(H,21,26)(H,27,28). The van der Waals surface area contributed by atoms with Crippen LogP contribution in [-0.2, 0) is 4.79 Å². The van der Waals surface area contributed by atoms with Gasteiger partial charge in [-0.1, -0.05) is 0 Å². The molecule has 1 fully saturated rings. The van der Waals surface area contributed by atoms with Gasteiger partial charge in [-0.25, -0.2) is 9.18 Å². The third kappa shape index (κ3) is 3.48. The Labute approximate surface area is 158 Å². The van der Waals surface area contributed by atoms with Crippen LogP contribution in [0.3, 0.4) is 0 Å². The van der Waals surface area contributed by atoms with Crippen LogP contribution in [0, 0.1) is 11.7 Å². The number of amides is 1. The molecule has 0 bridgehead atoms. The lowest BCUT2D eigenvalue weighted by Crippen LogP contribution is -2.38. The number of hydrogen-bond acceptors (Lipinski definition) is 6. The summed E-state index contributed by atoms with van der Waals surface area (Å²) in [6.07, 6.45) is 2.73. The van der Waals surface area contributed by atoms with Gasteiger partial charge in [0.25, 0.3) is 0 Å². The molecule has 2 aromatic heterocycles. The topological polar surface area (TPSA) is 113 Å². The second-order valence-corrected chi connectivity index (χ2v) is 6.58. The van der Waals surface area contributed by atoms with Crippen molar-refractivity contribution < 1.29 is 19.1 Å². The summed E-state index contributed by atoms with van der Waals surface area (Å²) in [5.41, 5.74) is 0.479. The molecule has 144 valence electrons. The Kier molecular flexibility index (Phi) is 4.60. The van der Waals surface area contributed by atoms with E-state index in [9.17, 15) is 14.0 Å². The lowest BCUT2D eigenvalue weighted by molar-refractivity contribution is -0.120. The molecule has 0 spiro atoms. The minimum Gasteiger partial charge on any atom is -0.478 e. The molecular formula is C18H17FN6O3. The maximum absolute atomic E-state index is 14.0. The number of aromatic nitrogens is 4. The average molecular weight is 384 g/mol. The Morgan fingerprint density at radius 1 is 1.18 bits per heavy atom. The van der Waals surface area contributed by atoms with Gasteiger partial charge in [-0.2, -0.15) is 4.52 Å². The molecule has 10 heteroatoms. The quantitative estimate of drug-likeness (QED) is 0.705. The van der Waals surface area contributed by atoms with Gasteiger partial charge in [-0.15, -0.1) is 15.3 Å². The molecule has 3 aromatic rings.